The molecule has 0 spiro atoms. The summed E-state index contributed by atoms with van der Waals surface area (Å²) in [5.41, 5.74) is 0.348. The molecule has 0 bridgehead atoms. The van der Waals surface area contributed by atoms with Crippen LogP contribution in [0.3, 0.4) is 0 Å². The second kappa shape index (κ2) is 6.06. The molecule has 2 heterocycles. The number of rotatable bonds is 3. The van der Waals surface area contributed by atoms with E-state index in [1.807, 2.05) is 25.1 Å². The molecule has 1 aliphatic heterocycles. The van der Waals surface area contributed by atoms with Crippen LogP contribution < -0.4 is 10.3 Å². The SMILES string of the molecule is CC(Cn1ncc2ccccc2c1=O)N=C1NS(=O)(=O)c2ccccc21. The zero-order valence-electron chi connectivity index (χ0n) is 14.0. The standard InChI is InChI=1S/C18H16N4O3S/c1-12(11-22-18(23)14-7-3-2-6-13(14)10-19-22)20-17-15-8-4-5-9-16(15)26(24,25)21-17/h2-10,12H,11H2,1H3,(H,20,21). The van der Waals surface area contributed by atoms with Crippen LogP contribution in [0.25, 0.3) is 10.8 Å². The van der Waals surface area contributed by atoms with E-state index in [1.165, 1.54) is 4.68 Å². The number of benzene rings is 2. The third-order valence-electron chi connectivity index (χ3n) is 4.21. The van der Waals surface area contributed by atoms with E-state index < -0.39 is 10.0 Å². The van der Waals surface area contributed by atoms with Crippen molar-refractivity contribution in [1.82, 2.24) is 14.5 Å². The van der Waals surface area contributed by atoms with Crippen molar-refractivity contribution in [1.29, 1.82) is 0 Å². The minimum Gasteiger partial charge on any atom is -0.267 e. The summed E-state index contributed by atoms with van der Waals surface area (Å²) in [4.78, 5) is 17.2. The van der Waals surface area contributed by atoms with Crippen molar-refractivity contribution in [2.24, 2.45) is 4.99 Å². The average Bonchev–Trinajstić information content (AvgIpc) is 2.88. The molecular weight excluding hydrogens is 352 g/mol. The first-order valence-corrected chi connectivity index (χ1v) is 9.59. The van der Waals surface area contributed by atoms with Gasteiger partial charge in [-0.05, 0) is 25.1 Å². The number of nitrogens with one attached hydrogen (secondary N) is 1. The van der Waals surface area contributed by atoms with E-state index in [0.717, 1.165) is 5.39 Å². The van der Waals surface area contributed by atoms with Gasteiger partial charge in [-0.15, -0.1) is 0 Å². The van der Waals surface area contributed by atoms with Gasteiger partial charge in [0, 0.05) is 10.9 Å². The number of hydrogen-bond donors (Lipinski definition) is 1. The highest BCUT2D eigenvalue weighted by Crippen LogP contribution is 2.22. The molecule has 2 aromatic carbocycles. The van der Waals surface area contributed by atoms with E-state index in [2.05, 4.69) is 14.8 Å². The van der Waals surface area contributed by atoms with Crippen LogP contribution in [-0.4, -0.2) is 30.1 Å². The van der Waals surface area contributed by atoms with Crippen molar-refractivity contribution in [2.45, 2.75) is 24.4 Å². The number of hydrogen-bond acceptors (Lipinski definition) is 5. The van der Waals surface area contributed by atoms with Gasteiger partial charge in [-0.3, -0.25) is 14.5 Å². The first-order chi connectivity index (χ1) is 12.5. The molecule has 0 saturated carbocycles. The molecule has 1 N–H and O–H groups in total. The van der Waals surface area contributed by atoms with Crippen LogP contribution in [0.15, 0.2) is 69.4 Å². The molecule has 1 unspecified atom stereocenters. The third-order valence-corrected chi connectivity index (χ3v) is 5.61. The molecule has 26 heavy (non-hydrogen) atoms. The van der Waals surface area contributed by atoms with Gasteiger partial charge < -0.3 is 0 Å². The Morgan fingerprint density at radius 1 is 1.15 bits per heavy atom. The van der Waals surface area contributed by atoms with E-state index in [0.29, 0.717) is 16.8 Å². The van der Waals surface area contributed by atoms with E-state index in [4.69, 9.17) is 0 Å². The molecule has 0 aliphatic carbocycles. The zero-order valence-corrected chi connectivity index (χ0v) is 14.8. The fraction of sp³-hybridized carbons (Fsp3) is 0.167. The van der Waals surface area contributed by atoms with Crippen LogP contribution in [0.5, 0.6) is 0 Å². The van der Waals surface area contributed by atoms with Crippen molar-refractivity contribution in [2.75, 3.05) is 0 Å². The summed E-state index contributed by atoms with van der Waals surface area (Å²) in [5, 5.41) is 5.56. The smallest absolute Gasteiger partial charge is 0.267 e. The van der Waals surface area contributed by atoms with Crippen LogP contribution in [0.4, 0.5) is 0 Å². The van der Waals surface area contributed by atoms with Gasteiger partial charge in [-0.1, -0.05) is 30.3 Å². The molecular formula is C18H16N4O3S. The lowest BCUT2D eigenvalue weighted by molar-refractivity contribution is 0.519. The Hall–Kier alpha value is -3.00. The highest BCUT2D eigenvalue weighted by molar-refractivity contribution is 7.90. The van der Waals surface area contributed by atoms with E-state index in [-0.39, 0.29) is 23.0 Å². The fourth-order valence-corrected chi connectivity index (χ4v) is 4.24. The van der Waals surface area contributed by atoms with E-state index >= 15 is 0 Å². The maximum absolute atomic E-state index is 12.5. The molecule has 0 radical (unpaired) electrons. The summed E-state index contributed by atoms with van der Waals surface area (Å²) in [6.07, 6.45) is 1.64. The molecule has 3 aromatic rings. The van der Waals surface area contributed by atoms with Gasteiger partial charge in [0.25, 0.3) is 15.6 Å². The summed E-state index contributed by atoms with van der Waals surface area (Å²) >= 11 is 0. The lowest BCUT2D eigenvalue weighted by atomic mass is 10.2. The summed E-state index contributed by atoms with van der Waals surface area (Å²) < 4.78 is 28.1. The Morgan fingerprint density at radius 3 is 2.73 bits per heavy atom. The predicted octanol–water partition coefficient (Wildman–Crippen LogP) is 1.52. The summed E-state index contributed by atoms with van der Waals surface area (Å²) in [6, 6.07) is 13.6. The van der Waals surface area contributed by atoms with Gasteiger partial charge >= 0.3 is 0 Å². The van der Waals surface area contributed by atoms with Gasteiger partial charge in [0.2, 0.25) is 0 Å². The minimum absolute atomic E-state index is 0.192. The number of fused-ring (bicyclic) bond motifs is 2. The number of nitrogens with zero attached hydrogens (tertiary/aromatic N) is 3. The molecule has 0 fully saturated rings. The van der Waals surface area contributed by atoms with Gasteiger partial charge in [0.1, 0.15) is 5.84 Å². The predicted molar refractivity (Wildman–Crippen MR) is 98.8 cm³/mol. The summed E-state index contributed by atoms with van der Waals surface area (Å²) in [5.74, 6) is 0.293. The van der Waals surface area contributed by atoms with Crippen molar-refractivity contribution >= 4 is 26.6 Å². The molecule has 7 nitrogen and oxygen atoms in total. The maximum atomic E-state index is 12.5. The van der Waals surface area contributed by atoms with Gasteiger partial charge in [-0.25, -0.2) is 13.1 Å². The van der Waals surface area contributed by atoms with Crippen molar-refractivity contribution in [3.05, 3.63) is 70.6 Å². The monoisotopic (exact) mass is 368 g/mol. The van der Waals surface area contributed by atoms with Gasteiger partial charge in [-0.2, -0.15) is 5.10 Å². The second-order valence-electron chi connectivity index (χ2n) is 6.15. The Kier molecular flexibility index (Phi) is 3.84. The summed E-state index contributed by atoms with van der Waals surface area (Å²) in [7, 11) is -3.58. The van der Waals surface area contributed by atoms with Crippen LogP contribution in [0.1, 0.15) is 12.5 Å². The number of amidine groups is 1. The number of aliphatic imine (C=N–C) groups is 1. The molecule has 1 aliphatic rings. The van der Waals surface area contributed by atoms with Crippen molar-refractivity contribution < 1.29 is 8.42 Å². The minimum atomic E-state index is -3.58. The van der Waals surface area contributed by atoms with Gasteiger partial charge in [0.15, 0.2) is 0 Å². The lowest BCUT2D eigenvalue weighted by Crippen LogP contribution is -2.29. The highest BCUT2D eigenvalue weighted by atomic mass is 32.2. The van der Waals surface area contributed by atoms with Crippen molar-refractivity contribution in [3.63, 3.8) is 0 Å². The molecule has 4 rings (SSSR count). The lowest BCUT2D eigenvalue weighted by Gasteiger charge is -2.10. The Bertz CT molecular complexity index is 1200. The van der Waals surface area contributed by atoms with E-state index in [1.54, 1.807) is 36.5 Å². The highest BCUT2D eigenvalue weighted by Gasteiger charge is 2.30. The van der Waals surface area contributed by atoms with Crippen LogP contribution in [-0.2, 0) is 16.6 Å². The topological polar surface area (TPSA) is 93.4 Å². The number of sulfonamides is 1. The van der Waals surface area contributed by atoms with Crippen molar-refractivity contribution in [3.8, 4) is 0 Å². The Labute approximate surface area is 150 Å². The zero-order chi connectivity index (χ0) is 18.3. The largest absolute Gasteiger partial charge is 0.274 e. The second-order valence-corrected chi connectivity index (χ2v) is 7.80. The molecule has 8 heteroatoms. The molecule has 0 amide bonds. The number of aromatic nitrogens is 2. The first kappa shape index (κ1) is 16.5. The quantitative estimate of drug-likeness (QED) is 0.759. The molecule has 132 valence electrons. The van der Waals surface area contributed by atoms with Gasteiger partial charge in [0.05, 0.1) is 29.1 Å². The third kappa shape index (κ3) is 2.78. The normalized spacial score (nSPS) is 17.8. The Morgan fingerprint density at radius 2 is 1.88 bits per heavy atom. The van der Waals surface area contributed by atoms with Crippen LogP contribution >= 0.6 is 0 Å². The van der Waals surface area contributed by atoms with Crippen LogP contribution in [0.2, 0.25) is 0 Å². The fourth-order valence-electron chi connectivity index (χ4n) is 3.00. The Balaban J connectivity index is 1.66. The average molecular weight is 368 g/mol. The summed E-state index contributed by atoms with van der Waals surface area (Å²) in [6.45, 7) is 2.06. The molecule has 0 saturated heterocycles. The molecule has 1 aromatic heterocycles. The maximum Gasteiger partial charge on any atom is 0.274 e. The van der Waals surface area contributed by atoms with Crippen LogP contribution in [0, 0.1) is 0 Å². The first-order valence-electron chi connectivity index (χ1n) is 8.10. The molecule has 1 atom stereocenters. The van der Waals surface area contributed by atoms with E-state index in [9.17, 15) is 13.2 Å².